The molecule has 6 heteroatoms. The van der Waals surface area contributed by atoms with Gasteiger partial charge in [-0.15, -0.1) is 0 Å². The summed E-state index contributed by atoms with van der Waals surface area (Å²) < 4.78 is 5.78. The van der Waals surface area contributed by atoms with E-state index in [0.717, 1.165) is 43.2 Å². The summed E-state index contributed by atoms with van der Waals surface area (Å²) in [6, 6.07) is 13.7. The number of aromatic amines is 1. The van der Waals surface area contributed by atoms with Gasteiger partial charge < -0.3 is 4.74 Å². The molecule has 4 rings (SSSR count). The fourth-order valence-corrected chi connectivity index (χ4v) is 3.44. The Morgan fingerprint density at radius 1 is 1.15 bits per heavy atom. The number of H-pyrrole nitrogens is 1. The molecule has 0 aliphatic carbocycles. The molecule has 134 valence electrons. The number of likely N-dealkylation sites (tertiary alicyclic amines) is 1. The van der Waals surface area contributed by atoms with E-state index in [-0.39, 0.29) is 0 Å². The van der Waals surface area contributed by atoms with E-state index in [1.165, 1.54) is 5.56 Å². The molecule has 1 atom stereocenters. The first-order chi connectivity index (χ1) is 12.8. The Kier molecular flexibility index (Phi) is 5.18. The molecule has 0 amide bonds. The first-order valence-corrected chi connectivity index (χ1v) is 9.18. The monoisotopic (exact) mass is 368 g/mol. The number of ether oxygens (including phenoxy) is 1. The molecule has 1 unspecified atom stereocenters. The van der Waals surface area contributed by atoms with Crippen molar-refractivity contribution in [2.45, 2.75) is 25.5 Å². The molecule has 1 aliphatic heterocycles. The summed E-state index contributed by atoms with van der Waals surface area (Å²) in [5.41, 5.74) is 3.42. The molecule has 0 radical (unpaired) electrons. The van der Waals surface area contributed by atoms with Crippen LogP contribution in [-0.4, -0.2) is 33.2 Å². The first kappa shape index (κ1) is 17.1. The minimum Gasteiger partial charge on any atom is -0.487 e. The number of halogens is 1. The lowest BCUT2D eigenvalue weighted by Gasteiger charge is -2.15. The molecule has 0 saturated carbocycles. The zero-order valence-electron chi connectivity index (χ0n) is 14.4. The molecular weight excluding hydrogens is 348 g/mol. The number of rotatable bonds is 6. The Balaban J connectivity index is 1.31. The van der Waals surface area contributed by atoms with Gasteiger partial charge in [0.05, 0.1) is 11.4 Å². The van der Waals surface area contributed by atoms with Gasteiger partial charge in [-0.3, -0.25) is 15.0 Å². The van der Waals surface area contributed by atoms with Crippen molar-refractivity contribution in [3.8, 4) is 5.75 Å². The van der Waals surface area contributed by atoms with Gasteiger partial charge in [-0.25, -0.2) is 0 Å². The zero-order chi connectivity index (χ0) is 17.8. The lowest BCUT2D eigenvalue weighted by Crippen LogP contribution is -2.19. The fraction of sp³-hybridized carbons (Fsp3) is 0.300. The van der Waals surface area contributed by atoms with Crippen molar-refractivity contribution in [3.63, 3.8) is 0 Å². The third kappa shape index (κ3) is 4.23. The van der Waals surface area contributed by atoms with Crippen LogP contribution in [0.25, 0.3) is 0 Å². The Morgan fingerprint density at radius 3 is 2.77 bits per heavy atom. The summed E-state index contributed by atoms with van der Waals surface area (Å²) in [6.07, 6.45) is 4.83. The predicted molar refractivity (Wildman–Crippen MR) is 101 cm³/mol. The van der Waals surface area contributed by atoms with Crippen molar-refractivity contribution < 1.29 is 4.74 Å². The second-order valence-electron chi connectivity index (χ2n) is 6.64. The smallest absolute Gasteiger partial charge is 0.130 e. The van der Waals surface area contributed by atoms with E-state index < -0.39 is 0 Å². The van der Waals surface area contributed by atoms with Crippen LogP contribution in [0.1, 0.15) is 29.3 Å². The van der Waals surface area contributed by atoms with E-state index in [1.54, 1.807) is 0 Å². The van der Waals surface area contributed by atoms with Crippen molar-refractivity contribution in [2.24, 2.45) is 0 Å². The van der Waals surface area contributed by atoms with Crippen molar-refractivity contribution in [3.05, 3.63) is 76.8 Å². The summed E-state index contributed by atoms with van der Waals surface area (Å²) in [7, 11) is 0. The van der Waals surface area contributed by atoms with E-state index >= 15 is 0 Å². The van der Waals surface area contributed by atoms with Crippen LogP contribution in [0.2, 0.25) is 5.02 Å². The number of hydrogen-bond donors (Lipinski definition) is 1. The van der Waals surface area contributed by atoms with Crippen LogP contribution in [0.3, 0.4) is 0 Å². The highest BCUT2D eigenvalue weighted by Crippen LogP contribution is 2.27. The highest BCUT2D eigenvalue weighted by molar-refractivity contribution is 6.30. The van der Waals surface area contributed by atoms with Gasteiger partial charge in [0.15, 0.2) is 0 Å². The zero-order valence-corrected chi connectivity index (χ0v) is 15.2. The van der Waals surface area contributed by atoms with Crippen molar-refractivity contribution >= 4 is 11.6 Å². The fourth-order valence-electron chi connectivity index (χ4n) is 3.32. The van der Waals surface area contributed by atoms with Crippen LogP contribution >= 0.6 is 11.6 Å². The maximum Gasteiger partial charge on any atom is 0.130 e. The lowest BCUT2D eigenvalue weighted by molar-refractivity contribution is 0.301. The van der Waals surface area contributed by atoms with Crippen LogP contribution in [0.15, 0.2) is 54.9 Å². The molecule has 26 heavy (non-hydrogen) atoms. The van der Waals surface area contributed by atoms with E-state index in [4.69, 9.17) is 16.3 Å². The first-order valence-electron chi connectivity index (χ1n) is 8.80. The summed E-state index contributed by atoms with van der Waals surface area (Å²) in [5, 5.41) is 8.31. The molecule has 5 nitrogen and oxygen atoms in total. The molecular formula is C20H21ClN4O. The average molecular weight is 369 g/mol. The van der Waals surface area contributed by atoms with Gasteiger partial charge in [0, 0.05) is 36.4 Å². The van der Waals surface area contributed by atoms with Gasteiger partial charge in [-0.2, -0.15) is 5.10 Å². The van der Waals surface area contributed by atoms with Gasteiger partial charge in [-0.1, -0.05) is 11.6 Å². The van der Waals surface area contributed by atoms with E-state index in [2.05, 4.69) is 38.3 Å². The molecule has 1 fully saturated rings. The summed E-state index contributed by atoms with van der Waals surface area (Å²) in [4.78, 5) is 6.55. The second kappa shape index (κ2) is 7.89. The summed E-state index contributed by atoms with van der Waals surface area (Å²) in [5.74, 6) is 1.27. The Bertz CT molecular complexity index is 835. The molecule has 1 N–H and O–H groups in total. The van der Waals surface area contributed by atoms with Crippen LogP contribution in [0.4, 0.5) is 0 Å². The average Bonchev–Trinajstić information content (AvgIpc) is 3.31. The normalized spacial score (nSPS) is 17.5. The van der Waals surface area contributed by atoms with Crippen molar-refractivity contribution in [1.29, 1.82) is 0 Å². The van der Waals surface area contributed by atoms with Crippen LogP contribution in [0.5, 0.6) is 5.75 Å². The van der Waals surface area contributed by atoms with Gasteiger partial charge in [0.1, 0.15) is 12.4 Å². The van der Waals surface area contributed by atoms with Gasteiger partial charge >= 0.3 is 0 Å². The number of aromatic nitrogens is 3. The largest absolute Gasteiger partial charge is 0.487 e. The highest BCUT2D eigenvalue weighted by Gasteiger charge is 2.25. The third-order valence-corrected chi connectivity index (χ3v) is 4.96. The number of nitrogens with zero attached hydrogens (tertiary/aromatic N) is 3. The maximum atomic E-state index is 5.89. The Labute approximate surface area is 158 Å². The predicted octanol–water partition coefficient (Wildman–Crippen LogP) is 4.03. The van der Waals surface area contributed by atoms with Gasteiger partial charge in [-0.05, 0) is 61.0 Å². The molecule has 3 aromatic rings. The topological polar surface area (TPSA) is 54.0 Å². The molecule has 1 aromatic carbocycles. The minimum absolute atomic E-state index is 0.470. The number of pyridine rings is 1. The van der Waals surface area contributed by atoms with Gasteiger partial charge in [0.25, 0.3) is 0 Å². The van der Waals surface area contributed by atoms with E-state index in [9.17, 15) is 0 Å². The molecule has 0 spiro atoms. The molecule has 0 bridgehead atoms. The van der Waals surface area contributed by atoms with Crippen LogP contribution in [0, 0.1) is 0 Å². The summed E-state index contributed by atoms with van der Waals surface area (Å²) in [6.45, 7) is 3.57. The minimum atomic E-state index is 0.470. The van der Waals surface area contributed by atoms with Gasteiger partial charge in [0.2, 0.25) is 0 Å². The third-order valence-electron chi connectivity index (χ3n) is 4.70. The van der Waals surface area contributed by atoms with Crippen LogP contribution in [-0.2, 0) is 13.2 Å². The van der Waals surface area contributed by atoms with Crippen LogP contribution < -0.4 is 4.74 Å². The summed E-state index contributed by atoms with van der Waals surface area (Å²) >= 11 is 5.89. The SMILES string of the molecule is Clc1ccc(OCc2cc(C3CCN(Cc4ccncc4)C3)n[nH]2)cc1. The standard InChI is InChI=1S/C20H21ClN4O/c21-17-1-3-19(4-2-17)26-14-18-11-20(24-23-18)16-7-10-25(13-16)12-15-5-8-22-9-6-15/h1-6,8-9,11,16H,7,10,12-14H2,(H,23,24). The maximum absolute atomic E-state index is 5.89. The molecule has 2 aromatic heterocycles. The lowest BCUT2D eigenvalue weighted by atomic mass is 10.1. The quantitative estimate of drug-likeness (QED) is 0.713. The van der Waals surface area contributed by atoms with E-state index in [1.807, 2.05) is 36.7 Å². The highest BCUT2D eigenvalue weighted by atomic mass is 35.5. The second-order valence-corrected chi connectivity index (χ2v) is 7.07. The number of nitrogens with one attached hydrogen (secondary N) is 1. The van der Waals surface area contributed by atoms with Crippen molar-refractivity contribution in [1.82, 2.24) is 20.1 Å². The molecule has 3 heterocycles. The molecule has 1 aliphatic rings. The Morgan fingerprint density at radius 2 is 1.96 bits per heavy atom. The number of hydrogen-bond acceptors (Lipinski definition) is 4. The van der Waals surface area contributed by atoms with Crippen molar-refractivity contribution in [2.75, 3.05) is 13.1 Å². The Hall–Kier alpha value is -2.37. The van der Waals surface area contributed by atoms with E-state index in [0.29, 0.717) is 17.5 Å². The number of benzene rings is 1. The molecule has 1 saturated heterocycles.